The summed E-state index contributed by atoms with van der Waals surface area (Å²) in [5, 5.41) is 0.493. The Kier molecular flexibility index (Phi) is 5.81. The molecule has 0 saturated carbocycles. The molecule has 0 radical (unpaired) electrons. The first-order valence-electron chi connectivity index (χ1n) is 10.5. The second-order valence-corrected chi connectivity index (χ2v) is 7.55. The molecule has 0 spiro atoms. The lowest BCUT2D eigenvalue weighted by Gasteiger charge is -2.29. The highest BCUT2D eigenvalue weighted by atomic mass is 16.5. The van der Waals surface area contributed by atoms with Crippen molar-refractivity contribution in [2.45, 2.75) is 26.8 Å². The highest BCUT2D eigenvalue weighted by molar-refractivity contribution is 5.91. The molecule has 1 unspecified atom stereocenters. The fraction of sp³-hybridized carbons (Fsp3) is 0.240. The van der Waals surface area contributed by atoms with Crippen molar-refractivity contribution in [2.75, 3.05) is 13.7 Å². The summed E-state index contributed by atoms with van der Waals surface area (Å²) < 4.78 is 12.4. The summed E-state index contributed by atoms with van der Waals surface area (Å²) in [6.07, 6.45) is 1.47. The van der Waals surface area contributed by atoms with Crippen LogP contribution in [0, 0.1) is 6.92 Å². The number of furan rings is 1. The van der Waals surface area contributed by atoms with E-state index in [1.54, 1.807) is 40.8 Å². The van der Waals surface area contributed by atoms with Crippen LogP contribution in [0.25, 0.3) is 16.6 Å². The molecule has 1 atom stereocenters. The van der Waals surface area contributed by atoms with Gasteiger partial charge in [-0.1, -0.05) is 18.2 Å². The molecule has 1 amide bonds. The van der Waals surface area contributed by atoms with Gasteiger partial charge in [0.05, 0.1) is 36.0 Å². The third kappa shape index (κ3) is 3.66. The Balaban J connectivity index is 1.98. The van der Waals surface area contributed by atoms with Gasteiger partial charge < -0.3 is 14.1 Å². The van der Waals surface area contributed by atoms with Gasteiger partial charge in [-0.3, -0.25) is 14.2 Å². The predicted molar refractivity (Wildman–Crippen MR) is 122 cm³/mol. The molecule has 0 aliphatic rings. The van der Waals surface area contributed by atoms with Crippen LogP contribution in [-0.4, -0.2) is 34.0 Å². The van der Waals surface area contributed by atoms with E-state index in [1.165, 1.54) is 6.26 Å². The fourth-order valence-electron chi connectivity index (χ4n) is 3.91. The van der Waals surface area contributed by atoms with Crippen LogP contribution in [0.1, 0.15) is 41.8 Å². The van der Waals surface area contributed by atoms with Crippen molar-refractivity contribution in [3.63, 3.8) is 0 Å². The quantitative estimate of drug-likeness (QED) is 0.449. The first-order valence-corrected chi connectivity index (χ1v) is 10.5. The van der Waals surface area contributed by atoms with Crippen LogP contribution in [0.4, 0.5) is 0 Å². The van der Waals surface area contributed by atoms with Crippen LogP contribution in [-0.2, 0) is 0 Å². The number of rotatable bonds is 6. The number of carbonyl (C=O) groups excluding carboxylic acids is 1. The Bertz CT molecular complexity index is 1330. The van der Waals surface area contributed by atoms with E-state index in [4.69, 9.17) is 14.1 Å². The molecule has 2 heterocycles. The van der Waals surface area contributed by atoms with Gasteiger partial charge in [-0.15, -0.1) is 0 Å². The van der Waals surface area contributed by atoms with Crippen LogP contribution >= 0.6 is 0 Å². The van der Waals surface area contributed by atoms with E-state index in [-0.39, 0.29) is 17.2 Å². The van der Waals surface area contributed by atoms with Gasteiger partial charge in [0.15, 0.2) is 5.76 Å². The summed E-state index contributed by atoms with van der Waals surface area (Å²) in [6.45, 7) is 6.10. The first-order chi connectivity index (χ1) is 15.5. The number of para-hydroxylation sites is 1. The lowest BCUT2D eigenvalue weighted by Crippen LogP contribution is -2.37. The van der Waals surface area contributed by atoms with Crippen LogP contribution in [0.15, 0.2) is 70.1 Å². The van der Waals surface area contributed by atoms with E-state index >= 15 is 0 Å². The maximum Gasteiger partial charge on any atom is 0.290 e. The standard InChI is InChI=1S/C25H25N3O4/c1-5-27(25(30)22-11-8-14-32-22)17(3)23-26-19-10-7-6-9-18(19)24(29)28(23)20-15-16(2)12-13-21(20)31-4/h6-15,17H,5H2,1-4H3. The van der Waals surface area contributed by atoms with Crippen molar-refractivity contribution < 1.29 is 13.9 Å². The highest BCUT2D eigenvalue weighted by Crippen LogP contribution is 2.29. The Morgan fingerprint density at radius 2 is 1.97 bits per heavy atom. The van der Waals surface area contributed by atoms with E-state index in [0.717, 1.165) is 5.56 Å². The molecule has 0 aliphatic carbocycles. The second kappa shape index (κ2) is 8.70. The van der Waals surface area contributed by atoms with Gasteiger partial charge in [0.25, 0.3) is 11.5 Å². The van der Waals surface area contributed by atoms with Crippen LogP contribution in [0.5, 0.6) is 5.75 Å². The Hall–Kier alpha value is -3.87. The topological polar surface area (TPSA) is 77.6 Å². The molecular weight excluding hydrogens is 406 g/mol. The molecule has 0 aliphatic heterocycles. The number of carbonyl (C=O) groups is 1. The van der Waals surface area contributed by atoms with E-state index in [1.807, 2.05) is 51.1 Å². The van der Waals surface area contributed by atoms with Crippen molar-refractivity contribution in [2.24, 2.45) is 0 Å². The maximum atomic E-state index is 13.7. The third-order valence-corrected chi connectivity index (χ3v) is 5.55. The maximum absolute atomic E-state index is 13.7. The van der Waals surface area contributed by atoms with Crippen LogP contribution in [0.2, 0.25) is 0 Å². The van der Waals surface area contributed by atoms with Crippen LogP contribution < -0.4 is 10.3 Å². The average molecular weight is 431 g/mol. The molecule has 0 bridgehead atoms. The average Bonchev–Trinajstić information content (AvgIpc) is 3.34. The number of amides is 1. The molecule has 2 aromatic carbocycles. The number of aromatic nitrogens is 2. The number of fused-ring (bicyclic) bond motifs is 1. The predicted octanol–water partition coefficient (Wildman–Crippen LogP) is 4.52. The summed E-state index contributed by atoms with van der Waals surface area (Å²) in [6, 6.07) is 15.6. The molecule has 7 nitrogen and oxygen atoms in total. The molecule has 2 aromatic heterocycles. The lowest BCUT2D eigenvalue weighted by molar-refractivity contribution is 0.0660. The zero-order valence-electron chi connectivity index (χ0n) is 18.5. The first kappa shape index (κ1) is 21.4. The van der Waals surface area contributed by atoms with Crippen molar-refractivity contribution >= 4 is 16.8 Å². The Morgan fingerprint density at radius 3 is 2.66 bits per heavy atom. The normalized spacial score (nSPS) is 12.0. The molecule has 32 heavy (non-hydrogen) atoms. The Labute approximate surface area is 185 Å². The molecule has 0 fully saturated rings. The summed E-state index contributed by atoms with van der Waals surface area (Å²) in [7, 11) is 1.57. The molecule has 4 rings (SSSR count). The van der Waals surface area contributed by atoms with Gasteiger partial charge in [-0.2, -0.15) is 0 Å². The van der Waals surface area contributed by atoms with Crippen molar-refractivity contribution in [1.29, 1.82) is 0 Å². The summed E-state index contributed by atoms with van der Waals surface area (Å²) in [5.74, 6) is 0.958. The highest BCUT2D eigenvalue weighted by Gasteiger charge is 2.28. The molecule has 7 heteroatoms. The molecular formula is C25H25N3O4. The van der Waals surface area contributed by atoms with Gasteiger partial charge in [0.1, 0.15) is 11.6 Å². The monoisotopic (exact) mass is 431 g/mol. The van der Waals surface area contributed by atoms with E-state index < -0.39 is 6.04 Å². The third-order valence-electron chi connectivity index (χ3n) is 5.55. The zero-order valence-corrected chi connectivity index (χ0v) is 18.5. The largest absolute Gasteiger partial charge is 0.495 e. The minimum absolute atomic E-state index is 0.220. The molecule has 0 N–H and O–H groups in total. The minimum atomic E-state index is -0.514. The van der Waals surface area contributed by atoms with Gasteiger partial charge in [0, 0.05) is 6.54 Å². The SMILES string of the molecule is CCN(C(=O)c1ccco1)C(C)c1nc2ccccc2c(=O)n1-c1cc(C)ccc1OC. The van der Waals surface area contributed by atoms with E-state index in [9.17, 15) is 9.59 Å². The number of hydrogen-bond donors (Lipinski definition) is 0. The number of nitrogens with zero attached hydrogens (tertiary/aromatic N) is 3. The molecule has 0 saturated heterocycles. The van der Waals surface area contributed by atoms with Crippen LogP contribution in [0.3, 0.4) is 0 Å². The molecule has 4 aromatic rings. The van der Waals surface area contributed by atoms with Gasteiger partial charge in [-0.05, 0) is 62.7 Å². The minimum Gasteiger partial charge on any atom is -0.495 e. The summed E-state index contributed by atoms with van der Waals surface area (Å²) in [4.78, 5) is 33.3. The molecule has 164 valence electrons. The van der Waals surface area contributed by atoms with Crippen molar-refractivity contribution in [3.8, 4) is 11.4 Å². The van der Waals surface area contributed by atoms with Gasteiger partial charge >= 0.3 is 0 Å². The van der Waals surface area contributed by atoms with Crippen molar-refractivity contribution in [3.05, 3.63) is 88.4 Å². The summed E-state index contributed by atoms with van der Waals surface area (Å²) in [5.41, 5.74) is 1.91. The smallest absolute Gasteiger partial charge is 0.290 e. The fourth-order valence-corrected chi connectivity index (χ4v) is 3.91. The number of ether oxygens (including phenoxy) is 1. The number of aryl methyl sites for hydroxylation is 1. The van der Waals surface area contributed by atoms with E-state index in [2.05, 4.69) is 0 Å². The van der Waals surface area contributed by atoms with Crippen molar-refractivity contribution in [1.82, 2.24) is 14.5 Å². The Morgan fingerprint density at radius 1 is 1.19 bits per heavy atom. The number of hydrogen-bond acceptors (Lipinski definition) is 5. The van der Waals surface area contributed by atoms with Gasteiger partial charge in [0.2, 0.25) is 0 Å². The van der Waals surface area contributed by atoms with Gasteiger partial charge in [-0.25, -0.2) is 4.98 Å². The zero-order chi connectivity index (χ0) is 22.8. The summed E-state index contributed by atoms with van der Waals surface area (Å²) >= 11 is 0. The second-order valence-electron chi connectivity index (χ2n) is 7.55. The number of methoxy groups -OCH3 is 1. The lowest BCUT2D eigenvalue weighted by atomic mass is 10.1. The number of benzene rings is 2. The van der Waals surface area contributed by atoms with E-state index in [0.29, 0.717) is 34.7 Å².